The Morgan fingerprint density at radius 1 is 1.09 bits per heavy atom. The lowest BCUT2D eigenvalue weighted by molar-refractivity contribution is -0.297. The van der Waals surface area contributed by atoms with Crippen molar-refractivity contribution in [3.05, 3.63) is 58.3 Å². The first-order chi connectivity index (χ1) is 11.0. The van der Waals surface area contributed by atoms with E-state index in [1.54, 1.807) is 5.38 Å². The van der Waals surface area contributed by atoms with Crippen LogP contribution in [0.25, 0.3) is 11.1 Å². The van der Waals surface area contributed by atoms with Crippen LogP contribution in [0, 0.1) is 6.92 Å². The minimum Gasteiger partial charge on any atom is -0.545 e. The molecule has 2 aromatic rings. The van der Waals surface area contributed by atoms with Crippen LogP contribution >= 0.6 is 11.3 Å². The van der Waals surface area contributed by atoms with Gasteiger partial charge < -0.3 is 9.90 Å². The van der Waals surface area contributed by atoms with E-state index in [1.807, 2.05) is 37.3 Å². The van der Waals surface area contributed by atoms with Gasteiger partial charge in [-0.1, -0.05) is 30.3 Å². The molecule has 1 heterocycles. The summed E-state index contributed by atoms with van der Waals surface area (Å²) in [5, 5.41) is 11.9. The number of carbonyl (C=O) groups is 3. The third-order valence-corrected chi connectivity index (χ3v) is 3.86. The molecule has 0 aliphatic carbocycles. The van der Waals surface area contributed by atoms with Crippen molar-refractivity contribution < 1.29 is 19.5 Å². The molecule has 0 aliphatic rings. The zero-order valence-electron chi connectivity index (χ0n) is 12.2. The molecule has 23 heavy (non-hydrogen) atoms. The summed E-state index contributed by atoms with van der Waals surface area (Å²) >= 11 is 1.43. The number of carboxylic acid groups (broad SMARTS) is 1. The topological polar surface area (TPSA) is 98.3 Å². The van der Waals surface area contributed by atoms with E-state index in [-0.39, 0.29) is 0 Å². The summed E-state index contributed by atoms with van der Waals surface area (Å²) in [5.41, 5.74) is 6.50. The fourth-order valence-electron chi connectivity index (χ4n) is 1.96. The van der Waals surface area contributed by atoms with Crippen LogP contribution in [0.15, 0.2) is 47.9 Å². The van der Waals surface area contributed by atoms with E-state index >= 15 is 0 Å². The Morgan fingerprint density at radius 2 is 1.78 bits per heavy atom. The molecule has 0 spiro atoms. The molecule has 1 aromatic heterocycles. The highest BCUT2D eigenvalue weighted by atomic mass is 32.1. The SMILES string of the molecule is Cc1scc(C(=O)NNC(=O)/C=C/C(=O)[O-])c1-c1ccccc1. The van der Waals surface area contributed by atoms with Crippen molar-refractivity contribution in [2.24, 2.45) is 0 Å². The van der Waals surface area contributed by atoms with E-state index in [0.29, 0.717) is 11.6 Å². The van der Waals surface area contributed by atoms with Crippen LogP contribution in [0.2, 0.25) is 0 Å². The van der Waals surface area contributed by atoms with E-state index < -0.39 is 17.8 Å². The van der Waals surface area contributed by atoms with Crippen molar-refractivity contribution >= 4 is 29.1 Å². The van der Waals surface area contributed by atoms with Gasteiger partial charge in [0.2, 0.25) is 0 Å². The number of benzene rings is 1. The van der Waals surface area contributed by atoms with Gasteiger partial charge in [0, 0.05) is 21.9 Å². The number of aryl methyl sites for hydroxylation is 1. The molecule has 2 N–H and O–H groups in total. The van der Waals surface area contributed by atoms with Crippen molar-refractivity contribution in [3.63, 3.8) is 0 Å². The molecular weight excluding hydrogens is 316 g/mol. The van der Waals surface area contributed by atoms with Crippen molar-refractivity contribution in [2.75, 3.05) is 0 Å². The Hall–Kier alpha value is -2.93. The monoisotopic (exact) mass is 329 g/mol. The Bertz CT molecular complexity index is 766. The second-order valence-corrected chi connectivity index (χ2v) is 5.63. The maximum atomic E-state index is 12.2. The molecule has 118 valence electrons. The summed E-state index contributed by atoms with van der Waals surface area (Å²) in [5.74, 6) is -2.74. The Balaban J connectivity index is 2.12. The van der Waals surface area contributed by atoms with Crippen LogP contribution < -0.4 is 16.0 Å². The fraction of sp³-hybridized carbons (Fsp3) is 0.0625. The van der Waals surface area contributed by atoms with Gasteiger partial charge in [-0.3, -0.25) is 20.4 Å². The summed E-state index contributed by atoms with van der Waals surface area (Å²) < 4.78 is 0. The predicted molar refractivity (Wildman–Crippen MR) is 84.2 cm³/mol. The van der Waals surface area contributed by atoms with Crippen LogP contribution in [0.1, 0.15) is 15.2 Å². The number of aliphatic carboxylic acids is 1. The highest BCUT2D eigenvalue weighted by molar-refractivity contribution is 7.10. The number of hydrogen-bond donors (Lipinski definition) is 2. The zero-order chi connectivity index (χ0) is 16.8. The second-order valence-electron chi connectivity index (χ2n) is 4.54. The number of rotatable bonds is 4. The standard InChI is InChI=1S/C16H14N2O4S/c1-10-15(11-5-3-2-4-6-11)12(9-23-10)16(22)18-17-13(19)7-8-14(20)21/h2-9H,1H3,(H,17,19)(H,18,22)(H,20,21)/p-1/b8-7+. The number of hydrazine groups is 1. The molecule has 1 aromatic carbocycles. The maximum absolute atomic E-state index is 12.2. The van der Waals surface area contributed by atoms with Gasteiger partial charge in [-0.25, -0.2) is 0 Å². The smallest absolute Gasteiger partial charge is 0.271 e. The fourth-order valence-corrected chi connectivity index (χ4v) is 2.82. The highest BCUT2D eigenvalue weighted by Crippen LogP contribution is 2.32. The van der Waals surface area contributed by atoms with Gasteiger partial charge >= 0.3 is 0 Å². The number of carboxylic acids is 1. The lowest BCUT2D eigenvalue weighted by Crippen LogP contribution is -2.41. The van der Waals surface area contributed by atoms with Gasteiger partial charge in [-0.2, -0.15) is 0 Å². The lowest BCUT2D eigenvalue weighted by Gasteiger charge is -2.08. The van der Waals surface area contributed by atoms with Crippen LogP contribution in [-0.2, 0) is 9.59 Å². The second kappa shape index (κ2) is 7.37. The minimum absolute atomic E-state index is 0.433. The molecule has 0 radical (unpaired) electrons. The molecule has 0 unspecified atom stereocenters. The summed E-state index contributed by atoms with van der Waals surface area (Å²) in [6.07, 6.45) is 1.33. The number of amides is 2. The van der Waals surface area contributed by atoms with Crippen LogP contribution in [0.4, 0.5) is 0 Å². The van der Waals surface area contributed by atoms with Gasteiger partial charge in [-0.05, 0) is 18.6 Å². The average molecular weight is 329 g/mol. The van der Waals surface area contributed by atoms with E-state index in [2.05, 4.69) is 10.9 Å². The molecule has 7 heteroatoms. The van der Waals surface area contributed by atoms with Gasteiger partial charge in [0.1, 0.15) is 0 Å². The van der Waals surface area contributed by atoms with E-state index in [1.165, 1.54) is 11.3 Å². The third kappa shape index (κ3) is 4.27. The molecule has 2 amide bonds. The number of nitrogens with one attached hydrogen (secondary N) is 2. The predicted octanol–water partition coefficient (Wildman–Crippen LogP) is 0.791. The minimum atomic E-state index is -1.49. The van der Waals surface area contributed by atoms with Gasteiger partial charge in [0.25, 0.3) is 11.8 Å². The third-order valence-electron chi connectivity index (χ3n) is 2.95. The molecule has 0 saturated carbocycles. The Kier molecular flexibility index (Phi) is 5.27. The van der Waals surface area contributed by atoms with E-state index in [0.717, 1.165) is 22.1 Å². The summed E-state index contributed by atoms with van der Waals surface area (Å²) in [6.45, 7) is 1.91. The van der Waals surface area contributed by atoms with Gasteiger partial charge in [0.05, 0.1) is 11.5 Å². The lowest BCUT2D eigenvalue weighted by atomic mass is 10.0. The molecule has 0 atom stereocenters. The van der Waals surface area contributed by atoms with Crippen molar-refractivity contribution in [2.45, 2.75) is 6.92 Å². The Labute approximate surface area is 136 Å². The number of carbonyl (C=O) groups excluding carboxylic acids is 3. The van der Waals surface area contributed by atoms with Crippen LogP contribution in [0.3, 0.4) is 0 Å². The van der Waals surface area contributed by atoms with Crippen LogP contribution in [-0.4, -0.2) is 17.8 Å². The summed E-state index contributed by atoms with van der Waals surface area (Å²) in [4.78, 5) is 34.7. The first-order valence-corrected chi connectivity index (χ1v) is 7.50. The first-order valence-electron chi connectivity index (χ1n) is 6.62. The van der Waals surface area contributed by atoms with Gasteiger partial charge in [0.15, 0.2) is 0 Å². The number of thiophene rings is 1. The molecule has 0 aliphatic heterocycles. The largest absolute Gasteiger partial charge is 0.545 e. The van der Waals surface area contributed by atoms with Crippen molar-refractivity contribution in [1.29, 1.82) is 0 Å². The quantitative estimate of drug-likeness (QED) is 0.640. The molecule has 0 fully saturated rings. The van der Waals surface area contributed by atoms with E-state index in [9.17, 15) is 19.5 Å². The summed E-state index contributed by atoms with van der Waals surface area (Å²) in [7, 11) is 0. The molecule has 0 saturated heterocycles. The molecule has 2 rings (SSSR count). The van der Waals surface area contributed by atoms with E-state index in [4.69, 9.17) is 0 Å². The summed E-state index contributed by atoms with van der Waals surface area (Å²) in [6, 6.07) is 9.43. The molecule has 0 bridgehead atoms. The Morgan fingerprint density at radius 3 is 2.43 bits per heavy atom. The van der Waals surface area contributed by atoms with Crippen molar-refractivity contribution in [3.8, 4) is 11.1 Å². The molecular formula is C16H13N2O4S-. The van der Waals surface area contributed by atoms with Crippen molar-refractivity contribution in [1.82, 2.24) is 10.9 Å². The molecule has 6 nitrogen and oxygen atoms in total. The number of hydrogen-bond acceptors (Lipinski definition) is 5. The van der Waals surface area contributed by atoms with Gasteiger partial charge in [-0.15, -0.1) is 11.3 Å². The highest BCUT2D eigenvalue weighted by Gasteiger charge is 2.17. The zero-order valence-corrected chi connectivity index (χ0v) is 13.0. The normalized spacial score (nSPS) is 10.5. The maximum Gasteiger partial charge on any atom is 0.271 e. The first kappa shape index (κ1) is 16.4. The average Bonchev–Trinajstić information content (AvgIpc) is 2.93. The van der Waals surface area contributed by atoms with Crippen LogP contribution in [0.5, 0.6) is 0 Å².